The number of carbonyl (C=O) groups is 1. The number of hydrogen-bond donors (Lipinski definition) is 2. The average Bonchev–Trinajstić information content (AvgIpc) is 2.82. The molecule has 0 saturated heterocycles. The molecule has 2 N–H and O–H groups in total. The van der Waals surface area contributed by atoms with Crippen LogP contribution in [-0.4, -0.2) is 24.7 Å². The number of benzene rings is 4. The van der Waals surface area contributed by atoms with Gasteiger partial charge >= 0.3 is 0 Å². The van der Waals surface area contributed by atoms with Crippen molar-refractivity contribution in [1.82, 2.24) is 5.32 Å². The first-order valence-corrected chi connectivity index (χ1v) is 9.97. The highest BCUT2D eigenvalue weighted by Gasteiger charge is 2.22. The van der Waals surface area contributed by atoms with Gasteiger partial charge in [0.2, 0.25) is 0 Å². The third kappa shape index (κ3) is 4.61. The summed E-state index contributed by atoms with van der Waals surface area (Å²) in [6.45, 7) is -0.152. The summed E-state index contributed by atoms with van der Waals surface area (Å²) in [6, 6.07) is 27.4. The Hall–Kier alpha value is -3.99. The fourth-order valence-electron chi connectivity index (χ4n) is 3.58. The summed E-state index contributed by atoms with van der Waals surface area (Å²) in [5.74, 6) is 1.12. The summed E-state index contributed by atoms with van der Waals surface area (Å²) in [5.41, 5.74) is 1.52. The number of fused-ring (bicyclic) bond motifs is 1. The van der Waals surface area contributed by atoms with E-state index in [0.29, 0.717) is 17.1 Å². The smallest absolute Gasteiger partial charge is 0.258 e. The summed E-state index contributed by atoms with van der Waals surface area (Å²) >= 11 is 0. The van der Waals surface area contributed by atoms with Gasteiger partial charge < -0.3 is 19.9 Å². The molecule has 0 radical (unpaired) electrons. The monoisotopic (exact) mass is 413 g/mol. The van der Waals surface area contributed by atoms with Gasteiger partial charge in [0, 0.05) is 5.56 Å². The Morgan fingerprint density at radius 1 is 0.871 bits per heavy atom. The minimum atomic E-state index is -0.528. The van der Waals surface area contributed by atoms with Crippen LogP contribution >= 0.6 is 0 Å². The van der Waals surface area contributed by atoms with Crippen molar-refractivity contribution in [2.75, 3.05) is 13.7 Å². The zero-order valence-electron chi connectivity index (χ0n) is 17.1. The molecule has 4 aromatic rings. The van der Waals surface area contributed by atoms with E-state index in [1.807, 2.05) is 60.7 Å². The molecule has 0 heterocycles. The molecular weight excluding hydrogens is 390 g/mol. The maximum atomic E-state index is 12.8. The van der Waals surface area contributed by atoms with Crippen LogP contribution in [0.1, 0.15) is 17.2 Å². The van der Waals surface area contributed by atoms with Gasteiger partial charge in [0.1, 0.15) is 17.2 Å². The molecule has 1 atom stereocenters. The first kappa shape index (κ1) is 20.3. The number of aromatic hydroxyl groups is 1. The second-order valence-electron chi connectivity index (χ2n) is 7.09. The number of amides is 1. The molecule has 0 aliphatic heterocycles. The quantitative estimate of drug-likeness (QED) is 0.455. The lowest BCUT2D eigenvalue weighted by atomic mass is 9.92. The van der Waals surface area contributed by atoms with Crippen LogP contribution in [0.3, 0.4) is 0 Å². The number of nitrogens with one attached hydrogen (secondary N) is 1. The van der Waals surface area contributed by atoms with Crippen LogP contribution < -0.4 is 14.8 Å². The zero-order chi connectivity index (χ0) is 21.6. The van der Waals surface area contributed by atoms with E-state index in [-0.39, 0.29) is 18.3 Å². The molecule has 0 aliphatic carbocycles. The Kier molecular flexibility index (Phi) is 6.03. The van der Waals surface area contributed by atoms with Crippen LogP contribution in [0, 0.1) is 0 Å². The predicted octanol–water partition coefficient (Wildman–Crippen LogP) is 4.84. The molecule has 0 fully saturated rings. The second kappa shape index (κ2) is 9.22. The molecule has 1 unspecified atom stereocenters. The maximum absolute atomic E-state index is 12.8. The fourth-order valence-corrected chi connectivity index (χ4v) is 3.58. The molecule has 5 nitrogen and oxygen atoms in total. The highest BCUT2D eigenvalue weighted by Crippen LogP contribution is 2.35. The molecule has 0 spiro atoms. The molecule has 0 aliphatic rings. The van der Waals surface area contributed by atoms with Crippen molar-refractivity contribution in [3.8, 4) is 17.2 Å². The minimum Gasteiger partial charge on any atom is -0.508 e. The summed E-state index contributed by atoms with van der Waals surface area (Å²) < 4.78 is 10.8. The van der Waals surface area contributed by atoms with E-state index in [1.165, 1.54) is 0 Å². The Bertz CT molecular complexity index is 1170. The molecule has 1 amide bonds. The second-order valence-corrected chi connectivity index (χ2v) is 7.09. The van der Waals surface area contributed by atoms with Crippen molar-refractivity contribution >= 4 is 16.7 Å². The van der Waals surface area contributed by atoms with Gasteiger partial charge in [-0.15, -0.1) is 0 Å². The molecule has 5 heteroatoms. The highest BCUT2D eigenvalue weighted by molar-refractivity contribution is 5.89. The molecule has 31 heavy (non-hydrogen) atoms. The van der Waals surface area contributed by atoms with Gasteiger partial charge in [-0.2, -0.15) is 0 Å². The topological polar surface area (TPSA) is 67.8 Å². The number of ether oxygens (including phenoxy) is 2. The molecule has 0 saturated carbocycles. The summed E-state index contributed by atoms with van der Waals surface area (Å²) in [5, 5.41) is 15.6. The fraction of sp³-hybridized carbons (Fsp3) is 0.115. The van der Waals surface area contributed by atoms with Crippen molar-refractivity contribution in [1.29, 1.82) is 0 Å². The SMILES string of the molecule is COc1ccc(OCC(=O)NC(c2ccccc2)c2c(O)ccc3ccccc23)cc1. The zero-order valence-corrected chi connectivity index (χ0v) is 17.1. The Labute approximate surface area is 180 Å². The molecule has 0 aromatic heterocycles. The van der Waals surface area contributed by atoms with Crippen LogP contribution in [0.25, 0.3) is 10.8 Å². The Morgan fingerprint density at radius 3 is 2.29 bits per heavy atom. The van der Waals surface area contributed by atoms with E-state index in [2.05, 4.69) is 5.32 Å². The lowest BCUT2D eigenvalue weighted by Crippen LogP contribution is -2.33. The van der Waals surface area contributed by atoms with Gasteiger partial charge in [-0.3, -0.25) is 4.79 Å². The number of carbonyl (C=O) groups excluding carboxylic acids is 1. The summed E-state index contributed by atoms with van der Waals surface area (Å²) in [6.07, 6.45) is 0. The number of phenolic OH excluding ortho intramolecular Hbond substituents is 1. The Morgan fingerprint density at radius 2 is 1.55 bits per heavy atom. The van der Waals surface area contributed by atoms with Crippen molar-refractivity contribution in [3.63, 3.8) is 0 Å². The first-order valence-electron chi connectivity index (χ1n) is 9.97. The van der Waals surface area contributed by atoms with Gasteiger partial charge in [-0.1, -0.05) is 60.7 Å². The van der Waals surface area contributed by atoms with Crippen LogP contribution in [0.2, 0.25) is 0 Å². The predicted molar refractivity (Wildman–Crippen MR) is 121 cm³/mol. The lowest BCUT2D eigenvalue weighted by Gasteiger charge is -2.22. The van der Waals surface area contributed by atoms with E-state index in [0.717, 1.165) is 16.3 Å². The molecule has 156 valence electrons. The van der Waals surface area contributed by atoms with Crippen LogP contribution in [0.4, 0.5) is 0 Å². The van der Waals surface area contributed by atoms with E-state index < -0.39 is 6.04 Å². The van der Waals surface area contributed by atoms with E-state index in [9.17, 15) is 9.90 Å². The maximum Gasteiger partial charge on any atom is 0.258 e. The Balaban J connectivity index is 1.61. The van der Waals surface area contributed by atoms with E-state index in [1.54, 1.807) is 37.4 Å². The van der Waals surface area contributed by atoms with Gasteiger partial charge in [0.05, 0.1) is 13.2 Å². The third-order valence-electron chi connectivity index (χ3n) is 5.10. The van der Waals surface area contributed by atoms with Crippen LogP contribution in [0.5, 0.6) is 17.2 Å². The normalized spacial score (nSPS) is 11.6. The number of rotatable bonds is 7. The van der Waals surface area contributed by atoms with Gasteiger partial charge in [0.25, 0.3) is 5.91 Å². The van der Waals surface area contributed by atoms with E-state index >= 15 is 0 Å². The summed E-state index contributed by atoms with van der Waals surface area (Å²) in [4.78, 5) is 12.8. The van der Waals surface area contributed by atoms with Crippen LogP contribution in [0.15, 0.2) is 91.0 Å². The molecular formula is C26H23NO4. The molecule has 4 aromatic carbocycles. The van der Waals surface area contributed by atoms with E-state index in [4.69, 9.17) is 9.47 Å². The minimum absolute atomic E-state index is 0.129. The largest absolute Gasteiger partial charge is 0.508 e. The number of phenols is 1. The van der Waals surface area contributed by atoms with Crippen LogP contribution in [-0.2, 0) is 4.79 Å². The standard InChI is InChI=1S/C26H23NO4/c1-30-20-12-14-21(15-13-20)31-17-24(29)27-26(19-8-3-2-4-9-19)25-22-10-6-5-7-18(22)11-16-23(25)28/h2-16,26,28H,17H2,1H3,(H,27,29). The van der Waals surface area contributed by atoms with Gasteiger partial charge in [-0.25, -0.2) is 0 Å². The van der Waals surface area contributed by atoms with Crippen molar-refractivity contribution in [3.05, 3.63) is 102 Å². The third-order valence-corrected chi connectivity index (χ3v) is 5.10. The first-order chi connectivity index (χ1) is 15.2. The molecule has 4 rings (SSSR count). The number of hydrogen-bond acceptors (Lipinski definition) is 4. The van der Waals surface area contributed by atoms with Crippen molar-refractivity contribution in [2.24, 2.45) is 0 Å². The lowest BCUT2D eigenvalue weighted by molar-refractivity contribution is -0.123. The van der Waals surface area contributed by atoms with Gasteiger partial charge in [0.15, 0.2) is 6.61 Å². The average molecular weight is 413 g/mol. The van der Waals surface area contributed by atoms with Crippen molar-refractivity contribution in [2.45, 2.75) is 6.04 Å². The highest BCUT2D eigenvalue weighted by atomic mass is 16.5. The van der Waals surface area contributed by atoms with Gasteiger partial charge in [-0.05, 0) is 46.7 Å². The van der Waals surface area contributed by atoms with Crippen molar-refractivity contribution < 1.29 is 19.4 Å². The molecule has 0 bridgehead atoms. The number of methoxy groups -OCH3 is 1. The summed E-state index contributed by atoms with van der Waals surface area (Å²) in [7, 11) is 1.59.